The molecule has 6 heteroatoms. The molecule has 128 valence electrons. The zero-order valence-electron chi connectivity index (χ0n) is 15.8. The van der Waals surface area contributed by atoms with E-state index in [1.54, 1.807) is 0 Å². The summed E-state index contributed by atoms with van der Waals surface area (Å²) in [4.78, 5) is 14.4. The van der Waals surface area contributed by atoms with E-state index < -0.39 is 5.97 Å². The van der Waals surface area contributed by atoms with Gasteiger partial charge in [0.15, 0.2) is 0 Å². The van der Waals surface area contributed by atoms with Gasteiger partial charge in [-0.2, -0.15) is 0 Å². The summed E-state index contributed by atoms with van der Waals surface area (Å²) >= 11 is 0. The summed E-state index contributed by atoms with van der Waals surface area (Å²) < 4.78 is 0. The van der Waals surface area contributed by atoms with Gasteiger partial charge >= 0.3 is 59.1 Å². The Bertz CT molecular complexity index is 320. The van der Waals surface area contributed by atoms with E-state index >= 15 is 0 Å². The monoisotopic (exact) mass is 356 g/mol. The van der Waals surface area contributed by atoms with E-state index in [4.69, 9.17) is 0 Å². The Kier molecular flexibility index (Phi) is 29.5. The number of rotatable bonds is 15. The first-order chi connectivity index (χ1) is 10.7. The summed E-state index contributed by atoms with van der Waals surface area (Å²) in [5.74, 6) is -0.954. The molecule has 0 rings (SSSR count). The Balaban J connectivity index is -0.00000220. The van der Waals surface area contributed by atoms with E-state index in [1.165, 1.54) is 0 Å². The van der Waals surface area contributed by atoms with Crippen LogP contribution in [0.3, 0.4) is 0 Å². The van der Waals surface area contributed by atoms with Gasteiger partial charge in [0.2, 0.25) is 0 Å². The van der Waals surface area contributed by atoms with Crippen molar-refractivity contribution >= 4 is 5.97 Å². The quantitative estimate of drug-likeness (QED) is 0.102. The molecular weight excluding hydrogens is 326 g/mol. The molecular formula is C18H30Na2O4. The van der Waals surface area contributed by atoms with Gasteiger partial charge in [-0.05, 0) is 32.1 Å². The maximum Gasteiger partial charge on any atom is 1.00 e. The number of aliphatic carboxylic acids is 1. The normalized spacial score (nSPS) is 12.1. The molecule has 0 N–H and O–H groups in total. The van der Waals surface area contributed by atoms with Gasteiger partial charge in [0.1, 0.15) is 0 Å². The van der Waals surface area contributed by atoms with Crippen molar-refractivity contribution in [1.82, 2.24) is 0 Å². The molecule has 1 atom stereocenters. The van der Waals surface area contributed by atoms with Crippen LogP contribution in [0, 0.1) is 0 Å². The predicted molar refractivity (Wildman–Crippen MR) is 84.6 cm³/mol. The first kappa shape index (κ1) is 29.6. The maximum absolute atomic E-state index is 10.5. The van der Waals surface area contributed by atoms with Crippen LogP contribution in [-0.4, -0.2) is 12.1 Å². The fourth-order valence-electron chi connectivity index (χ4n) is 2.20. The molecule has 1 unspecified atom stereocenters. The van der Waals surface area contributed by atoms with Gasteiger partial charge in [-0.3, -0.25) is 0 Å². The topological polar surface area (TPSA) is 72.4 Å². The van der Waals surface area contributed by atoms with Crippen LogP contribution in [0.2, 0.25) is 0 Å². The van der Waals surface area contributed by atoms with Crippen LogP contribution < -0.4 is 69.5 Å². The van der Waals surface area contributed by atoms with Crippen molar-refractivity contribution in [1.29, 1.82) is 0 Å². The summed E-state index contributed by atoms with van der Waals surface area (Å²) in [5.41, 5.74) is 0. The molecule has 24 heavy (non-hydrogen) atoms. The van der Waals surface area contributed by atoms with Crippen molar-refractivity contribution in [3.63, 3.8) is 0 Å². The zero-order valence-corrected chi connectivity index (χ0v) is 19.8. The van der Waals surface area contributed by atoms with Crippen LogP contribution in [0.25, 0.3) is 0 Å². The van der Waals surface area contributed by atoms with E-state index in [0.717, 1.165) is 64.2 Å². The molecule has 0 saturated carbocycles. The van der Waals surface area contributed by atoms with Crippen LogP contribution >= 0.6 is 0 Å². The van der Waals surface area contributed by atoms with Crippen molar-refractivity contribution in [3.05, 3.63) is 24.3 Å². The number of carboxylic acids is 1. The van der Waals surface area contributed by atoms with E-state index in [1.807, 2.05) is 18.2 Å². The molecule has 4 nitrogen and oxygen atoms in total. The first-order valence-corrected chi connectivity index (χ1v) is 8.52. The zero-order chi connectivity index (χ0) is 16.5. The molecule has 0 aromatic heterocycles. The molecule has 0 aliphatic heterocycles. The third-order valence-electron chi connectivity index (χ3n) is 3.54. The Morgan fingerprint density at radius 3 is 2.29 bits per heavy atom. The van der Waals surface area contributed by atoms with Crippen LogP contribution in [0.4, 0.5) is 0 Å². The molecule has 0 bridgehead atoms. The summed E-state index contributed by atoms with van der Waals surface area (Å²) in [6, 6.07) is 0. The SMILES string of the molecule is CCCCCC(/C=C/C=C\CCCCCCCC(=O)[O-])O[O-].[Na+].[Na+]. The van der Waals surface area contributed by atoms with Crippen molar-refractivity contribution in [2.75, 3.05) is 0 Å². The molecule has 0 radical (unpaired) electrons. The Hall–Kier alpha value is 0.870. The summed E-state index contributed by atoms with van der Waals surface area (Å²) in [7, 11) is 0. The number of allylic oxidation sites excluding steroid dienone is 3. The van der Waals surface area contributed by atoms with Crippen LogP contribution in [0.15, 0.2) is 24.3 Å². The average molecular weight is 356 g/mol. The fourth-order valence-corrected chi connectivity index (χ4v) is 2.20. The minimum Gasteiger partial charge on any atom is -0.723 e. The van der Waals surface area contributed by atoms with Gasteiger partial charge in [-0.15, -0.1) is 0 Å². The molecule has 0 fully saturated rings. The minimum atomic E-state index is -0.954. The van der Waals surface area contributed by atoms with E-state index in [0.29, 0.717) is 0 Å². The van der Waals surface area contributed by atoms with Gasteiger partial charge < -0.3 is 20.0 Å². The molecule has 0 heterocycles. The Labute approximate surface area is 191 Å². The van der Waals surface area contributed by atoms with Crippen LogP contribution in [-0.2, 0) is 9.68 Å². The van der Waals surface area contributed by atoms with E-state index in [2.05, 4.69) is 17.9 Å². The van der Waals surface area contributed by atoms with Crippen molar-refractivity contribution < 1.29 is 79.2 Å². The largest absolute Gasteiger partial charge is 1.00 e. The second kappa shape index (κ2) is 23.9. The summed E-state index contributed by atoms with van der Waals surface area (Å²) in [6.45, 7) is 2.13. The van der Waals surface area contributed by atoms with Crippen molar-refractivity contribution in [3.8, 4) is 0 Å². The molecule has 0 saturated heterocycles. The van der Waals surface area contributed by atoms with Crippen molar-refractivity contribution in [2.45, 2.75) is 83.7 Å². The van der Waals surface area contributed by atoms with Gasteiger partial charge in [0.05, 0.1) is 6.10 Å². The van der Waals surface area contributed by atoms with Crippen molar-refractivity contribution in [2.24, 2.45) is 0 Å². The predicted octanol–water partition coefficient (Wildman–Crippen LogP) is -3.17. The summed E-state index contributed by atoms with van der Waals surface area (Å²) in [5, 5.41) is 20.8. The second-order valence-corrected chi connectivity index (χ2v) is 5.62. The number of carbonyl (C=O) groups is 1. The van der Waals surface area contributed by atoms with Gasteiger partial charge in [-0.1, -0.05) is 69.8 Å². The van der Waals surface area contributed by atoms with E-state index in [9.17, 15) is 15.2 Å². The minimum absolute atomic E-state index is 0. The number of carboxylic acid groups (broad SMARTS) is 1. The second-order valence-electron chi connectivity index (χ2n) is 5.62. The van der Waals surface area contributed by atoms with Crippen LogP contribution in [0.5, 0.6) is 0 Å². The molecule has 0 aromatic carbocycles. The molecule has 0 spiro atoms. The maximum atomic E-state index is 10.5. The van der Waals surface area contributed by atoms with E-state index in [-0.39, 0.29) is 71.6 Å². The third kappa shape index (κ3) is 22.9. The Morgan fingerprint density at radius 2 is 1.67 bits per heavy atom. The number of hydrogen-bond donors (Lipinski definition) is 0. The molecule has 0 amide bonds. The molecule has 0 aliphatic rings. The smallest absolute Gasteiger partial charge is 0.723 e. The molecule has 0 aliphatic carbocycles. The average Bonchev–Trinajstić information content (AvgIpc) is 2.50. The third-order valence-corrected chi connectivity index (χ3v) is 3.54. The summed E-state index contributed by atoms with van der Waals surface area (Å²) in [6.07, 6.45) is 17.7. The van der Waals surface area contributed by atoms with Gasteiger partial charge in [0, 0.05) is 5.97 Å². The molecule has 0 aromatic rings. The number of carbonyl (C=O) groups excluding carboxylic acids is 1. The standard InChI is InChI=1S/C18H32O4.2Na/c1-2-3-11-14-17(22-21)15-12-9-7-5-4-6-8-10-13-16-18(19)20;;/h7,9,12,15,17,21H,2-6,8,10-11,13-14,16H2,1H3,(H,19,20);;/q;2*+1/p-2/b9-7-,15-12+;;. The fraction of sp³-hybridized carbons (Fsp3) is 0.722. The Morgan fingerprint density at radius 1 is 1.00 bits per heavy atom. The van der Waals surface area contributed by atoms with Gasteiger partial charge in [0.25, 0.3) is 0 Å². The number of hydrogen-bond acceptors (Lipinski definition) is 4. The first-order valence-electron chi connectivity index (χ1n) is 8.52. The number of unbranched alkanes of at least 4 members (excludes halogenated alkanes) is 7. The van der Waals surface area contributed by atoms with Crippen LogP contribution in [0.1, 0.15) is 77.6 Å². The van der Waals surface area contributed by atoms with Gasteiger partial charge in [-0.25, -0.2) is 0 Å².